The molecule has 1 heterocycles. The molecule has 0 saturated heterocycles. The molecule has 1 aliphatic carbocycles. The number of aromatic nitrogens is 2. The van der Waals surface area contributed by atoms with Crippen molar-refractivity contribution in [3.63, 3.8) is 0 Å². The molecule has 0 bridgehead atoms. The maximum atomic E-state index is 12.6. The van der Waals surface area contributed by atoms with Gasteiger partial charge < -0.3 is 10.0 Å². The minimum atomic E-state index is -1.02. The largest absolute Gasteiger partial charge is 0.378 e. The first-order valence-electron chi connectivity index (χ1n) is 7.22. The average Bonchev–Trinajstić information content (AvgIpc) is 3.02. The van der Waals surface area contributed by atoms with Crippen LogP contribution in [0, 0.1) is 12.3 Å². The molecule has 1 aromatic carbocycles. The Morgan fingerprint density at radius 1 is 1.41 bits per heavy atom. The van der Waals surface area contributed by atoms with Gasteiger partial charge in [0.05, 0.1) is 0 Å². The summed E-state index contributed by atoms with van der Waals surface area (Å²) in [7, 11) is 1.78. The summed E-state index contributed by atoms with van der Waals surface area (Å²) < 4.78 is 4.64. The van der Waals surface area contributed by atoms with E-state index in [9.17, 15) is 9.90 Å². The first-order chi connectivity index (χ1) is 10.5. The Morgan fingerprint density at radius 3 is 2.77 bits per heavy atom. The van der Waals surface area contributed by atoms with E-state index in [-0.39, 0.29) is 11.9 Å². The lowest BCUT2D eigenvalue weighted by Crippen LogP contribution is -2.43. The standard InChI is InChI=1S/C16H17N3O3/c1-3-16(21)8-6-12(7-9-16)19(2)15(20)11-4-5-13-14(10-11)18-22-17-13/h1,4-5,10,12,21H,6-9H2,2H3/t12-,16+. The van der Waals surface area contributed by atoms with Crippen LogP contribution in [0.2, 0.25) is 0 Å². The first kappa shape index (κ1) is 14.5. The fourth-order valence-electron chi connectivity index (χ4n) is 2.90. The summed E-state index contributed by atoms with van der Waals surface area (Å²) in [5.74, 6) is 2.36. The van der Waals surface area contributed by atoms with E-state index >= 15 is 0 Å². The molecule has 6 nitrogen and oxygen atoms in total. The van der Waals surface area contributed by atoms with Crippen LogP contribution < -0.4 is 0 Å². The van der Waals surface area contributed by atoms with Crippen LogP contribution in [0.25, 0.3) is 11.0 Å². The number of benzene rings is 1. The number of hydrogen-bond acceptors (Lipinski definition) is 5. The predicted octanol–water partition coefficient (Wildman–Crippen LogP) is 1.60. The highest BCUT2D eigenvalue weighted by Gasteiger charge is 2.34. The second kappa shape index (κ2) is 5.43. The monoisotopic (exact) mass is 299 g/mol. The van der Waals surface area contributed by atoms with E-state index in [1.807, 2.05) is 0 Å². The Kier molecular flexibility index (Phi) is 3.59. The number of hydrogen-bond donors (Lipinski definition) is 1. The molecule has 1 amide bonds. The van der Waals surface area contributed by atoms with E-state index in [1.165, 1.54) is 0 Å². The number of carbonyl (C=O) groups is 1. The molecule has 1 fully saturated rings. The predicted molar refractivity (Wildman–Crippen MR) is 79.9 cm³/mol. The lowest BCUT2D eigenvalue weighted by Gasteiger charge is -2.37. The van der Waals surface area contributed by atoms with Gasteiger partial charge in [0.15, 0.2) is 0 Å². The van der Waals surface area contributed by atoms with Crippen molar-refractivity contribution < 1.29 is 14.5 Å². The Bertz CT molecular complexity index is 738. The molecular weight excluding hydrogens is 282 g/mol. The third-order valence-corrected chi connectivity index (χ3v) is 4.42. The molecule has 6 heteroatoms. The van der Waals surface area contributed by atoms with Crippen molar-refractivity contribution in [2.75, 3.05) is 7.05 Å². The molecule has 0 unspecified atom stereocenters. The van der Waals surface area contributed by atoms with Gasteiger partial charge in [-0.25, -0.2) is 4.63 Å². The highest BCUT2D eigenvalue weighted by atomic mass is 16.6. The van der Waals surface area contributed by atoms with E-state index in [4.69, 9.17) is 6.42 Å². The maximum absolute atomic E-state index is 12.6. The van der Waals surface area contributed by atoms with Gasteiger partial charge in [-0.15, -0.1) is 6.42 Å². The summed E-state index contributed by atoms with van der Waals surface area (Å²) in [4.78, 5) is 14.3. The zero-order chi connectivity index (χ0) is 15.7. The number of nitrogens with zero attached hydrogens (tertiary/aromatic N) is 3. The molecule has 114 valence electrons. The molecule has 1 saturated carbocycles. The number of rotatable bonds is 2. The minimum Gasteiger partial charge on any atom is -0.378 e. The maximum Gasteiger partial charge on any atom is 0.253 e. The topological polar surface area (TPSA) is 79.5 Å². The Balaban J connectivity index is 1.73. The Morgan fingerprint density at radius 2 is 2.09 bits per heavy atom. The van der Waals surface area contributed by atoms with E-state index in [0.29, 0.717) is 42.3 Å². The SMILES string of the molecule is C#C[C@]1(O)CC[C@@H](N(C)C(=O)c2ccc3nonc3c2)CC1. The van der Waals surface area contributed by atoms with Crippen LogP contribution in [0.15, 0.2) is 22.8 Å². The molecule has 0 atom stereocenters. The molecule has 0 radical (unpaired) electrons. The first-order valence-corrected chi connectivity index (χ1v) is 7.22. The zero-order valence-corrected chi connectivity index (χ0v) is 12.3. The molecule has 0 aliphatic heterocycles. The lowest BCUT2D eigenvalue weighted by atomic mass is 9.82. The highest BCUT2D eigenvalue weighted by molar-refractivity contribution is 5.97. The molecule has 1 N–H and O–H groups in total. The quantitative estimate of drug-likeness (QED) is 0.852. The van der Waals surface area contributed by atoms with Gasteiger partial charge in [-0.1, -0.05) is 5.92 Å². The van der Waals surface area contributed by atoms with Crippen molar-refractivity contribution >= 4 is 16.9 Å². The van der Waals surface area contributed by atoms with Crippen LogP contribution in [0.1, 0.15) is 36.0 Å². The van der Waals surface area contributed by atoms with Crippen molar-refractivity contribution in [3.8, 4) is 12.3 Å². The Hall–Kier alpha value is -2.39. The molecule has 3 rings (SSSR count). The number of amides is 1. The fraction of sp³-hybridized carbons (Fsp3) is 0.438. The van der Waals surface area contributed by atoms with Crippen LogP contribution in [0.4, 0.5) is 0 Å². The van der Waals surface area contributed by atoms with E-state index < -0.39 is 5.60 Å². The molecule has 1 aliphatic rings. The lowest BCUT2D eigenvalue weighted by molar-refractivity contribution is 0.0281. The smallest absolute Gasteiger partial charge is 0.253 e. The molecule has 0 spiro atoms. The number of terminal acetylenes is 1. The summed E-state index contributed by atoms with van der Waals surface area (Å²) in [6, 6.07) is 5.18. The van der Waals surface area contributed by atoms with Crippen molar-refractivity contribution in [1.29, 1.82) is 0 Å². The van der Waals surface area contributed by atoms with Crippen LogP contribution >= 0.6 is 0 Å². The summed E-state index contributed by atoms with van der Waals surface area (Å²) in [6.45, 7) is 0. The van der Waals surface area contributed by atoms with Gasteiger partial charge in [-0.2, -0.15) is 0 Å². The van der Waals surface area contributed by atoms with Gasteiger partial charge >= 0.3 is 0 Å². The minimum absolute atomic E-state index is 0.0762. The van der Waals surface area contributed by atoms with Gasteiger partial charge in [0.1, 0.15) is 16.6 Å². The van der Waals surface area contributed by atoms with Crippen molar-refractivity contribution in [3.05, 3.63) is 23.8 Å². The summed E-state index contributed by atoms with van der Waals surface area (Å²) >= 11 is 0. The third-order valence-electron chi connectivity index (χ3n) is 4.42. The van der Waals surface area contributed by atoms with Crippen LogP contribution in [0.3, 0.4) is 0 Å². The molecule has 22 heavy (non-hydrogen) atoms. The van der Waals surface area contributed by atoms with Crippen LogP contribution in [-0.2, 0) is 0 Å². The van der Waals surface area contributed by atoms with Gasteiger partial charge in [0.2, 0.25) is 0 Å². The second-order valence-electron chi connectivity index (χ2n) is 5.79. The fourth-order valence-corrected chi connectivity index (χ4v) is 2.90. The highest BCUT2D eigenvalue weighted by Crippen LogP contribution is 2.30. The molecule has 1 aromatic heterocycles. The second-order valence-corrected chi connectivity index (χ2v) is 5.79. The summed E-state index contributed by atoms with van der Waals surface area (Å²) in [5, 5.41) is 17.5. The Labute approximate surface area is 128 Å². The van der Waals surface area contributed by atoms with Crippen molar-refractivity contribution in [1.82, 2.24) is 15.2 Å². The zero-order valence-electron chi connectivity index (χ0n) is 12.3. The van der Waals surface area contributed by atoms with Gasteiger partial charge in [-0.3, -0.25) is 4.79 Å². The molecular formula is C16H17N3O3. The van der Waals surface area contributed by atoms with Gasteiger partial charge in [0, 0.05) is 18.7 Å². The number of aliphatic hydroxyl groups is 1. The van der Waals surface area contributed by atoms with Gasteiger partial charge in [0.25, 0.3) is 5.91 Å². The van der Waals surface area contributed by atoms with Crippen LogP contribution in [-0.4, -0.2) is 44.9 Å². The van der Waals surface area contributed by atoms with E-state index in [2.05, 4.69) is 20.9 Å². The van der Waals surface area contributed by atoms with E-state index in [1.54, 1.807) is 30.1 Å². The summed E-state index contributed by atoms with van der Waals surface area (Å²) in [5.41, 5.74) is 0.704. The number of fused-ring (bicyclic) bond motifs is 1. The average molecular weight is 299 g/mol. The summed E-state index contributed by atoms with van der Waals surface area (Å²) in [6.07, 6.45) is 7.76. The van der Waals surface area contributed by atoms with Crippen LogP contribution in [0.5, 0.6) is 0 Å². The van der Waals surface area contributed by atoms with Crippen molar-refractivity contribution in [2.45, 2.75) is 37.3 Å². The number of carbonyl (C=O) groups excluding carboxylic acids is 1. The third kappa shape index (κ3) is 2.55. The van der Waals surface area contributed by atoms with Crippen molar-refractivity contribution in [2.24, 2.45) is 0 Å². The normalized spacial score (nSPS) is 24.9. The molecule has 2 aromatic rings. The van der Waals surface area contributed by atoms with Gasteiger partial charge in [-0.05, 0) is 54.2 Å². The van der Waals surface area contributed by atoms with E-state index in [0.717, 1.165) is 0 Å².